The van der Waals surface area contributed by atoms with Gasteiger partial charge in [-0.3, -0.25) is 0 Å². The Balaban J connectivity index is 2.93. The van der Waals surface area contributed by atoms with E-state index in [4.69, 9.17) is 0 Å². The van der Waals surface area contributed by atoms with Crippen LogP contribution in [0.2, 0.25) is 0 Å². The summed E-state index contributed by atoms with van der Waals surface area (Å²) >= 11 is 3.13. The van der Waals surface area contributed by atoms with E-state index in [1.54, 1.807) is 19.1 Å². The van der Waals surface area contributed by atoms with Gasteiger partial charge in [0, 0.05) is 5.33 Å². The molecular formula is C9H10BrF. The Labute approximate surface area is 74.6 Å². The van der Waals surface area contributed by atoms with E-state index in [0.29, 0.717) is 5.33 Å². The predicted octanol–water partition coefficient (Wildman–Crippen LogP) is 3.27. The fraction of sp³-hybridized carbons (Fsp3) is 0.333. The van der Waals surface area contributed by atoms with Gasteiger partial charge in [0.1, 0.15) is 5.67 Å². The molecule has 0 fully saturated rings. The highest BCUT2D eigenvalue weighted by Gasteiger charge is 2.23. The molecule has 0 saturated carbocycles. The minimum atomic E-state index is -1.25. The highest BCUT2D eigenvalue weighted by Crippen LogP contribution is 2.26. The zero-order valence-electron chi connectivity index (χ0n) is 6.35. The second-order valence-electron chi connectivity index (χ2n) is 2.70. The van der Waals surface area contributed by atoms with Crippen molar-refractivity contribution in [2.24, 2.45) is 0 Å². The molecule has 0 heterocycles. The van der Waals surface area contributed by atoms with Gasteiger partial charge in [0.15, 0.2) is 0 Å². The minimum absolute atomic E-state index is 0.337. The molecule has 11 heavy (non-hydrogen) atoms. The molecule has 0 bridgehead atoms. The average Bonchev–Trinajstić information content (AvgIpc) is 2.06. The van der Waals surface area contributed by atoms with Gasteiger partial charge >= 0.3 is 0 Å². The molecule has 0 aromatic heterocycles. The van der Waals surface area contributed by atoms with E-state index >= 15 is 0 Å². The minimum Gasteiger partial charge on any atom is -0.238 e. The van der Waals surface area contributed by atoms with Crippen LogP contribution in [0.4, 0.5) is 4.39 Å². The standard InChI is InChI=1S/C9H10BrF/c1-9(11,7-10)8-5-3-2-4-6-8/h2-6H,7H2,1H3/t9-/m1/s1. The zero-order chi connectivity index (χ0) is 8.32. The second kappa shape index (κ2) is 3.35. The average molecular weight is 217 g/mol. The fourth-order valence-electron chi connectivity index (χ4n) is 0.863. The van der Waals surface area contributed by atoms with Gasteiger partial charge in [-0.05, 0) is 12.5 Å². The number of hydrogen-bond donors (Lipinski definition) is 0. The van der Waals surface area contributed by atoms with Crippen LogP contribution in [0.1, 0.15) is 12.5 Å². The van der Waals surface area contributed by atoms with Crippen molar-refractivity contribution in [3.8, 4) is 0 Å². The van der Waals surface area contributed by atoms with E-state index in [1.165, 1.54) is 0 Å². The van der Waals surface area contributed by atoms with Gasteiger partial charge in [-0.1, -0.05) is 46.3 Å². The summed E-state index contributed by atoms with van der Waals surface area (Å²) in [6.45, 7) is 1.57. The molecule has 0 radical (unpaired) electrons. The van der Waals surface area contributed by atoms with Crippen LogP contribution in [0.15, 0.2) is 30.3 Å². The SMILES string of the molecule is C[C@@](F)(CBr)c1ccccc1. The third kappa shape index (κ3) is 2.03. The first kappa shape index (κ1) is 8.72. The van der Waals surface area contributed by atoms with Crippen molar-refractivity contribution in [2.45, 2.75) is 12.6 Å². The Kier molecular flexibility index (Phi) is 2.66. The fourth-order valence-corrected chi connectivity index (χ4v) is 1.19. The summed E-state index contributed by atoms with van der Waals surface area (Å²) in [4.78, 5) is 0. The normalized spacial score (nSPS) is 15.9. The highest BCUT2D eigenvalue weighted by atomic mass is 79.9. The Hall–Kier alpha value is -0.370. The maximum atomic E-state index is 13.5. The van der Waals surface area contributed by atoms with E-state index in [-0.39, 0.29) is 0 Å². The van der Waals surface area contributed by atoms with Gasteiger partial charge in [-0.2, -0.15) is 0 Å². The molecule has 2 heteroatoms. The summed E-state index contributed by atoms with van der Waals surface area (Å²) in [6, 6.07) is 9.15. The van der Waals surface area contributed by atoms with Crippen LogP contribution in [0, 0.1) is 0 Å². The van der Waals surface area contributed by atoms with Gasteiger partial charge < -0.3 is 0 Å². The van der Waals surface area contributed by atoms with E-state index in [1.807, 2.05) is 18.2 Å². The number of benzene rings is 1. The molecule has 1 atom stereocenters. The molecule has 0 N–H and O–H groups in total. The molecule has 1 rings (SSSR count). The smallest absolute Gasteiger partial charge is 0.142 e. The summed E-state index contributed by atoms with van der Waals surface area (Å²) in [5.41, 5.74) is -0.529. The summed E-state index contributed by atoms with van der Waals surface area (Å²) in [6.07, 6.45) is 0. The molecule has 0 spiro atoms. The van der Waals surface area contributed by atoms with Crippen molar-refractivity contribution in [2.75, 3.05) is 5.33 Å². The molecule has 0 aliphatic rings. The molecule has 0 unspecified atom stereocenters. The largest absolute Gasteiger partial charge is 0.238 e. The lowest BCUT2D eigenvalue weighted by atomic mass is 10.0. The molecule has 1 aromatic carbocycles. The molecular weight excluding hydrogens is 207 g/mol. The lowest BCUT2D eigenvalue weighted by Gasteiger charge is -2.16. The van der Waals surface area contributed by atoms with Crippen molar-refractivity contribution < 1.29 is 4.39 Å². The molecule has 60 valence electrons. The van der Waals surface area contributed by atoms with Crippen LogP contribution in [0.3, 0.4) is 0 Å². The monoisotopic (exact) mass is 216 g/mol. The van der Waals surface area contributed by atoms with Gasteiger partial charge in [-0.25, -0.2) is 4.39 Å². The number of hydrogen-bond acceptors (Lipinski definition) is 0. The Bertz CT molecular complexity index is 218. The highest BCUT2D eigenvalue weighted by molar-refractivity contribution is 9.09. The van der Waals surface area contributed by atoms with Crippen molar-refractivity contribution >= 4 is 15.9 Å². The first-order valence-electron chi connectivity index (χ1n) is 3.47. The molecule has 0 saturated heterocycles. The lowest BCUT2D eigenvalue weighted by Crippen LogP contribution is -2.16. The van der Waals surface area contributed by atoms with E-state index < -0.39 is 5.67 Å². The Morgan fingerprint density at radius 3 is 2.36 bits per heavy atom. The number of rotatable bonds is 2. The molecule has 0 aliphatic heterocycles. The van der Waals surface area contributed by atoms with Gasteiger partial charge in [0.25, 0.3) is 0 Å². The van der Waals surface area contributed by atoms with E-state index in [0.717, 1.165) is 5.56 Å². The zero-order valence-corrected chi connectivity index (χ0v) is 7.94. The first-order chi connectivity index (χ1) is 5.17. The molecule has 1 aromatic rings. The quantitative estimate of drug-likeness (QED) is 0.667. The van der Waals surface area contributed by atoms with Crippen LogP contribution in [-0.2, 0) is 5.67 Å². The number of halogens is 2. The lowest BCUT2D eigenvalue weighted by molar-refractivity contribution is 0.230. The van der Waals surface area contributed by atoms with Crippen molar-refractivity contribution in [3.63, 3.8) is 0 Å². The van der Waals surface area contributed by atoms with Crippen LogP contribution < -0.4 is 0 Å². The third-order valence-electron chi connectivity index (χ3n) is 1.63. The van der Waals surface area contributed by atoms with E-state index in [2.05, 4.69) is 15.9 Å². The van der Waals surface area contributed by atoms with Crippen LogP contribution in [0.5, 0.6) is 0 Å². The summed E-state index contributed by atoms with van der Waals surface area (Å²) < 4.78 is 13.5. The Morgan fingerprint density at radius 2 is 1.91 bits per heavy atom. The van der Waals surface area contributed by atoms with Crippen molar-refractivity contribution in [1.29, 1.82) is 0 Å². The van der Waals surface area contributed by atoms with Crippen LogP contribution in [0.25, 0.3) is 0 Å². The topological polar surface area (TPSA) is 0 Å². The van der Waals surface area contributed by atoms with E-state index in [9.17, 15) is 4.39 Å². The molecule has 0 amide bonds. The third-order valence-corrected chi connectivity index (χ3v) is 2.68. The van der Waals surface area contributed by atoms with Crippen LogP contribution >= 0.6 is 15.9 Å². The first-order valence-corrected chi connectivity index (χ1v) is 4.59. The summed E-state index contributed by atoms with van der Waals surface area (Å²) in [5.74, 6) is 0. The van der Waals surface area contributed by atoms with Gasteiger partial charge in [0.2, 0.25) is 0 Å². The number of alkyl halides is 2. The summed E-state index contributed by atoms with van der Waals surface area (Å²) in [7, 11) is 0. The van der Waals surface area contributed by atoms with Gasteiger partial charge in [0.05, 0.1) is 0 Å². The Morgan fingerprint density at radius 1 is 1.36 bits per heavy atom. The maximum Gasteiger partial charge on any atom is 0.142 e. The van der Waals surface area contributed by atoms with Crippen LogP contribution in [-0.4, -0.2) is 5.33 Å². The molecule has 0 nitrogen and oxygen atoms in total. The van der Waals surface area contributed by atoms with Crippen molar-refractivity contribution in [1.82, 2.24) is 0 Å². The predicted molar refractivity (Wildman–Crippen MR) is 48.7 cm³/mol. The van der Waals surface area contributed by atoms with Gasteiger partial charge in [-0.15, -0.1) is 0 Å². The summed E-state index contributed by atoms with van der Waals surface area (Å²) in [5, 5.41) is 0.337. The maximum absolute atomic E-state index is 13.5. The second-order valence-corrected chi connectivity index (χ2v) is 3.26. The molecule has 0 aliphatic carbocycles. The van der Waals surface area contributed by atoms with Crippen molar-refractivity contribution in [3.05, 3.63) is 35.9 Å².